The molecule has 0 bridgehead atoms. The molecular weight excluding hydrogens is 312 g/mol. The molecule has 0 saturated carbocycles. The van der Waals surface area contributed by atoms with Gasteiger partial charge >= 0.3 is 0 Å². The number of nitrogens with one attached hydrogen (secondary N) is 1. The van der Waals surface area contributed by atoms with Gasteiger partial charge in [0.25, 0.3) is 0 Å². The maximum atomic E-state index is 12.1. The minimum atomic E-state index is 0.00432. The lowest BCUT2D eigenvalue weighted by Gasteiger charge is -2.27. The van der Waals surface area contributed by atoms with Crippen molar-refractivity contribution in [3.8, 4) is 11.5 Å². The van der Waals surface area contributed by atoms with Crippen LogP contribution in [-0.4, -0.2) is 30.6 Å². The van der Waals surface area contributed by atoms with Gasteiger partial charge in [0.2, 0.25) is 5.91 Å². The predicted molar refractivity (Wildman–Crippen MR) is 89.3 cm³/mol. The number of benzene rings is 1. The lowest BCUT2D eigenvalue weighted by molar-refractivity contribution is -0.122. The monoisotopic (exact) mass is 332 g/mol. The Bertz CT molecular complexity index is 699. The van der Waals surface area contributed by atoms with Gasteiger partial charge in [-0.05, 0) is 25.8 Å². The number of carbonyl (C=O) groups is 1. The Kier molecular flexibility index (Phi) is 4.81. The molecule has 1 aromatic carbocycles. The zero-order chi connectivity index (χ0) is 16.2. The number of methoxy groups -OCH3 is 1. The van der Waals surface area contributed by atoms with Crippen LogP contribution in [0.15, 0.2) is 23.7 Å². The number of hydrogen-bond donors (Lipinski definition) is 1. The van der Waals surface area contributed by atoms with Gasteiger partial charge in [-0.2, -0.15) is 0 Å². The van der Waals surface area contributed by atoms with Crippen molar-refractivity contribution in [3.63, 3.8) is 0 Å². The normalized spacial score (nSPS) is 16.3. The van der Waals surface area contributed by atoms with Crippen molar-refractivity contribution in [3.05, 3.63) is 39.8 Å². The van der Waals surface area contributed by atoms with Gasteiger partial charge in [0.15, 0.2) is 11.5 Å². The molecule has 1 atom stereocenters. The molecule has 0 aliphatic carbocycles. The number of rotatable bonds is 5. The van der Waals surface area contributed by atoms with Gasteiger partial charge in [0, 0.05) is 16.9 Å². The molecule has 2 aromatic rings. The topological polar surface area (TPSA) is 60.5 Å². The third-order valence-electron chi connectivity index (χ3n) is 3.96. The van der Waals surface area contributed by atoms with Gasteiger partial charge in [-0.3, -0.25) is 4.79 Å². The third kappa shape index (κ3) is 3.64. The van der Waals surface area contributed by atoms with Crippen LogP contribution in [0, 0.1) is 6.92 Å². The van der Waals surface area contributed by atoms with Crippen LogP contribution in [0.2, 0.25) is 0 Å². The molecule has 1 aromatic heterocycles. The summed E-state index contributed by atoms with van der Waals surface area (Å²) in [7, 11) is 1.63. The van der Waals surface area contributed by atoms with Crippen LogP contribution < -0.4 is 14.8 Å². The van der Waals surface area contributed by atoms with E-state index in [1.807, 2.05) is 30.6 Å². The first-order chi connectivity index (χ1) is 11.2. The van der Waals surface area contributed by atoms with Crippen molar-refractivity contribution in [2.75, 3.05) is 13.7 Å². The highest BCUT2D eigenvalue weighted by molar-refractivity contribution is 7.09. The molecule has 1 aliphatic rings. The first-order valence-corrected chi connectivity index (χ1v) is 8.52. The van der Waals surface area contributed by atoms with E-state index < -0.39 is 0 Å². The molecule has 23 heavy (non-hydrogen) atoms. The first kappa shape index (κ1) is 15.8. The van der Waals surface area contributed by atoms with E-state index in [2.05, 4.69) is 10.3 Å². The van der Waals surface area contributed by atoms with E-state index in [0.717, 1.165) is 35.6 Å². The smallest absolute Gasteiger partial charge is 0.220 e. The van der Waals surface area contributed by atoms with Gasteiger partial charge in [-0.1, -0.05) is 12.1 Å². The second-order valence-corrected chi connectivity index (χ2v) is 6.53. The van der Waals surface area contributed by atoms with E-state index in [4.69, 9.17) is 9.47 Å². The van der Waals surface area contributed by atoms with Crippen LogP contribution in [0.5, 0.6) is 11.5 Å². The SMILES string of the molecule is COc1cccc2c1OCC(NC(=O)CCc1scnc1C)C2. The fourth-order valence-electron chi connectivity index (χ4n) is 2.74. The highest BCUT2D eigenvalue weighted by atomic mass is 32.1. The van der Waals surface area contributed by atoms with Gasteiger partial charge in [0.05, 0.1) is 24.4 Å². The summed E-state index contributed by atoms with van der Waals surface area (Å²) in [5.41, 5.74) is 3.91. The van der Waals surface area contributed by atoms with Crippen molar-refractivity contribution in [1.29, 1.82) is 0 Å². The summed E-state index contributed by atoms with van der Waals surface area (Å²) in [6.45, 7) is 2.45. The molecular formula is C17H20N2O3S. The van der Waals surface area contributed by atoms with E-state index in [0.29, 0.717) is 13.0 Å². The minimum absolute atomic E-state index is 0.00432. The van der Waals surface area contributed by atoms with Crippen LogP contribution >= 0.6 is 11.3 Å². The number of aryl methyl sites for hydroxylation is 2. The molecule has 5 nitrogen and oxygen atoms in total. The molecule has 1 unspecified atom stereocenters. The van der Waals surface area contributed by atoms with Gasteiger partial charge < -0.3 is 14.8 Å². The summed E-state index contributed by atoms with van der Waals surface area (Å²) in [5, 5.41) is 3.06. The number of amides is 1. The molecule has 2 heterocycles. The van der Waals surface area contributed by atoms with Gasteiger partial charge in [-0.25, -0.2) is 4.98 Å². The number of fused-ring (bicyclic) bond motifs is 1. The Hall–Kier alpha value is -2.08. The zero-order valence-electron chi connectivity index (χ0n) is 13.3. The van der Waals surface area contributed by atoms with E-state index in [9.17, 15) is 4.79 Å². The van der Waals surface area contributed by atoms with E-state index in [1.165, 1.54) is 4.88 Å². The zero-order valence-corrected chi connectivity index (χ0v) is 14.1. The van der Waals surface area contributed by atoms with Crippen LogP contribution in [0.4, 0.5) is 0 Å². The summed E-state index contributed by atoms with van der Waals surface area (Å²) in [6, 6.07) is 5.84. The van der Waals surface area contributed by atoms with Crippen molar-refractivity contribution >= 4 is 17.2 Å². The molecule has 0 radical (unpaired) electrons. The van der Waals surface area contributed by atoms with Gasteiger partial charge in [0.1, 0.15) is 6.61 Å². The predicted octanol–water partition coefficient (Wildman–Crippen LogP) is 2.51. The Morgan fingerprint density at radius 1 is 1.52 bits per heavy atom. The molecule has 122 valence electrons. The number of nitrogens with zero attached hydrogens (tertiary/aromatic N) is 1. The first-order valence-electron chi connectivity index (χ1n) is 7.64. The average Bonchev–Trinajstić information content (AvgIpc) is 2.97. The standard InChI is InChI=1S/C17H20N2O3S/c1-11-15(23-10-18-11)6-7-16(20)19-13-8-12-4-3-5-14(21-2)17(12)22-9-13/h3-5,10,13H,6-9H2,1-2H3,(H,19,20). The molecule has 1 N–H and O–H groups in total. The van der Waals surface area contributed by atoms with Crippen LogP contribution in [0.1, 0.15) is 22.6 Å². The van der Waals surface area contributed by atoms with Gasteiger partial charge in [-0.15, -0.1) is 11.3 Å². The lowest BCUT2D eigenvalue weighted by atomic mass is 10.0. The second kappa shape index (κ2) is 7.00. The second-order valence-electron chi connectivity index (χ2n) is 5.59. The Balaban J connectivity index is 1.55. The van der Waals surface area contributed by atoms with E-state index >= 15 is 0 Å². The molecule has 0 saturated heterocycles. The molecule has 0 spiro atoms. The summed E-state index contributed by atoms with van der Waals surface area (Å²) in [4.78, 5) is 17.5. The average molecular weight is 332 g/mol. The highest BCUT2D eigenvalue weighted by Crippen LogP contribution is 2.34. The third-order valence-corrected chi connectivity index (χ3v) is 4.96. The summed E-state index contributed by atoms with van der Waals surface area (Å²) in [6.07, 6.45) is 1.97. The van der Waals surface area contributed by atoms with E-state index in [1.54, 1.807) is 18.4 Å². The molecule has 3 rings (SSSR count). The number of carbonyl (C=O) groups excluding carboxylic acids is 1. The molecule has 1 aliphatic heterocycles. The van der Waals surface area contributed by atoms with Crippen molar-refractivity contribution < 1.29 is 14.3 Å². The Morgan fingerprint density at radius 2 is 2.39 bits per heavy atom. The molecule has 0 fully saturated rings. The number of hydrogen-bond acceptors (Lipinski definition) is 5. The quantitative estimate of drug-likeness (QED) is 0.914. The largest absolute Gasteiger partial charge is 0.493 e. The Morgan fingerprint density at radius 3 is 3.13 bits per heavy atom. The highest BCUT2D eigenvalue weighted by Gasteiger charge is 2.23. The number of para-hydroxylation sites is 1. The van der Waals surface area contributed by atoms with Crippen molar-refractivity contribution in [2.24, 2.45) is 0 Å². The maximum Gasteiger partial charge on any atom is 0.220 e. The summed E-state index contributed by atoms with van der Waals surface area (Å²) in [5.74, 6) is 1.59. The Labute approximate surface area is 139 Å². The van der Waals surface area contributed by atoms with Crippen molar-refractivity contribution in [2.45, 2.75) is 32.2 Å². The van der Waals surface area contributed by atoms with Crippen LogP contribution in [0.25, 0.3) is 0 Å². The summed E-state index contributed by atoms with van der Waals surface area (Å²) >= 11 is 1.60. The minimum Gasteiger partial charge on any atom is -0.493 e. The summed E-state index contributed by atoms with van der Waals surface area (Å²) < 4.78 is 11.1. The molecule has 1 amide bonds. The van der Waals surface area contributed by atoms with E-state index in [-0.39, 0.29) is 11.9 Å². The number of thiazole rings is 1. The molecule has 6 heteroatoms. The lowest BCUT2D eigenvalue weighted by Crippen LogP contribution is -2.42. The van der Waals surface area contributed by atoms with Crippen molar-refractivity contribution in [1.82, 2.24) is 10.3 Å². The van der Waals surface area contributed by atoms with Crippen LogP contribution in [-0.2, 0) is 17.6 Å². The maximum absolute atomic E-state index is 12.1. The fourth-order valence-corrected chi connectivity index (χ4v) is 3.52. The number of ether oxygens (including phenoxy) is 2. The fraction of sp³-hybridized carbons (Fsp3) is 0.412. The van der Waals surface area contributed by atoms with Crippen LogP contribution in [0.3, 0.4) is 0 Å². The number of aromatic nitrogens is 1.